The van der Waals surface area contributed by atoms with Gasteiger partial charge in [0.05, 0.1) is 30.8 Å². The van der Waals surface area contributed by atoms with Gasteiger partial charge in [0.2, 0.25) is 0 Å². The van der Waals surface area contributed by atoms with Gasteiger partial charge in [-0.25, -0.2) is 19.4 Å². The Morgan fingerprint density at radius 3 is 2.71 bits per heavy atom. The predicted molar refractivity (Wildman–Crippen MR) is 113 cm³/mol. The molecule has 0 bridgehead atoms. The summed E-state index contributed by atoms with van der Waals surface area (Å²) in [6.07, 6.45) is 4.25. The second-order valence-electron chi connectivity index (χ2n) is 8.43. The Bertz CT molecular complexity index is 924. The predicted octanol–water partition coefficient (Wildman–Crippen LogP) is 1.51. The molecule has 2 atom stereocenters. The maximum atomic E-state index is 12.2. The average Bonchev–Trinajstić information content (AvgIpc) is 3.13. The second-order valence-corrected chi connectivity index (χ2v) is 8.43. The van der Waals surface area contributed by atoms with E-state index in [4.69, 9.17) is 14.2 Å². The van der Waals surface area contributed by atoms with Gasteiger partial charge in [-0.3, -0.25) is 4.79 Å². The molecule has 11 heteroatoms. The van der Waals surface area contributed by atoms with Crippen LogP contribution in [-0.4, -0.2) is 76.9 Å². The normalized spacial score (nSPS) is 19.3. The summed E-state index contributed by atoms with van der Waals surface area (Å²) in [5, 5.41) is 7.86. The van der Waals surface area contributed by atoms with E-state index in [1.807, 2.05) is 20.8 Å². The number of esters is 1. The number of aromatic nitrogens is 4. The van der Waals surface area contributed by atoms with Crippen molar-refractivity contribution < 1.29 is 23.8 Å². The van der Waals surface area contributed by atoms with Crippen LogP contribution in [0.4, 0.5) is 10.6 Å². The molecule has 11 nitrogen and oxygen atoms in total. The molecule has 0 radical (unpaired) electrons. The molecule has 1 amide bonds. The molecule has 0 spiro atoms. The van der Waals surface area contributed by atoms with Gasteiger partial charge in [0.15, 0.2) is 5.65 Å². The summed E-state index contributed by atoms with van der Waals surface area (Å²) in [5.74, 6) is 0.289. The molecular weight excluding hydrogens is 404 g/mol. The Morgan fingerprint density at radius 2 is 2.03 bits per heavy atom. The minimum absolute atomic E-state index is 0.0359. The number of nitrogens with zero attached hydrogens (tertiary/aromatic N) is 5. The quantitative estimate of drug-likeness (QED) is 0.674. The highest BCUT2D eigenvalue weighted by molar-refractivity contribution is 5.87. The molecule has 3 rings (SSSR count). The molecule has 1 aliphatic rings. The lowest BCUT2D eigenvalue weighted by atomic mass is 9.98. The number of hydrogen-bond acceptors (Lipinski definition) is 9. The van der Waals surface area contributed by atoms with E-state index in [-0.39, 0.29) is 18.7 Å². The topological polar surface area (TPSA) is 121 Å². The Labute approximate surface area is 181 Å². The number of anilines is 1. The molecule has 1 saturated heterocycles. The van der Waals surface area contributed by atoms with Crippen LogP contribution in [-0.2, 0) is 25.5 Å². The zero-order valence-electron chi connectivity index (χ0n) is 18.6. The average molecular weight is 434 g/mol. The van der Waals surface area contributed by atoms with E-state index in [1.54, 1.807) is 13.3 Å². The Balaban J connectivity index is 1.83. The molecule has 31 heavy (non-hydrogen) atoms. The van der Waals surface area contributed by atoms with Crippen LogP contribution in [0.15, 0.2) is 12.5 Å². The van der Waals surface area contributed by atoms with Crippen molar-refractivity contribution in [2.24, 2.45) is 0 Å². The van der Waals surface area contributed by atoms with Gasteiger partial charge in [0, 0.05) is 20.2 Å². The summed E-state index contributed by atoms with van der Waals surface area (Å²) in [5.41, 5.74) is -0.0264. The van der Waals surface area contributed by atoms with Crippen molar-refractivity contribution in [3.05, 3.63) is 12.5 Å². The van der Waals surface area contributed by atoms with Gasteiger partial charge >= 0.3 is 12.1 Å². The number of fused-ring (bicyclic) bond motifs is 1. The fourth-order valence-electron chi connectivity index (χ4n) is 3.63. The molecule has 3 heterocycles. The summed E-state index contributed by atoms with van der Waals surface area (Å²) >= 11 is 0. The van der Waals surface area contributed by atoms with Crippen molar-refractivity contribution in [1.82, 2.24) is 25.1 Å². The third kappa shape index (κ3) is 5.60. The number of alkyl carbamates (subject to hydrolysis) is 1. The van der Waals surface area contributed by atoms with Crippen LogP contribution >= 0.6 is 0 Å². The molecule has 1 fully saturated rings. The van der Waals surface area contributed by atoms with E-state index in [0.717, 1.165) is 11.8 Å². The molecule has 2 aromatic heterocycles. The highest BCUT2D eigenvalue weighted by Gasteiger charge is 2.32. The summed E-state index contributed by atoms with van der Waals surface area (Å²) < 4.78 is 17.1. The van der Waals surface area contributed by atoms with E-state index in [9.17, 15) is 9.59 Å². The number of hydrogen-bond donors (Lipinski definition) is 1. The number of rotatable bonds is 6. The number of ether oxygens (including phenoxy) is 3. The van der Waals surface area contributed by atoms with Gasteiger partial charge in [-0.05, 0) is 33.6 Å². The standard InChI is InChI=1S/C20H30N6O5/c1-20(2,3)31-19(28)21-9-13-8-14(29-4)6-7-25(13)17-15-10-24-26(11-16(27)30-5)18(15)23-12-22-17/h10,12-14H,6-9,11H2,1-5H3,(H,21,28)/t13-,14-/m0/s1. The molecule has 0 aliphatic carbocycles. The van der Waals surface area contributed by atoms with Gasteiger partial charge < -0.3 is 24.4 Å². The van der Waals surface area contributed by atoms with Crippen molar-refractivity contribution in [3.63, 3.8) is 0 Å². The Kier molecular flexibility index (Phi) is 6.94. The molecule has 0 unspecified atom stereocenters. The first kappa shape index (κ1) is 22.7. The lowest BCUT2D eigenvalue weighted by molar-refractivity contribution is -0.141. The van der Waals surface area contributed by atoms with Crippen molar-refractivity contribution in [1.29, 1.82) is 0 Å². The van der Waals surface area contributed by atoms with Crippen molar-refractivity contribution in [2.45, 2.75) is 57.9 Å². The van der Waals surface area contributed by atoms with Gasteiger partial charge in [-0.2, -0.15) is 5.10 Å². The third-order valence-corrected chi connectivity index (χ3v) is 5.07. The number of carbonyl (C=O) groups excluding carboxylic acids is 2. The second kappa shape index (κ2) is 9.46. The van der Waals surface area contributed by atoms with Crippen molar-refractivity contribution in [2.75, 3.05) is 32.2 Å². The first-order chi connectivity index (χ1) is 14.7. The fraction of sp³-hybridized carbons (Fsp3) is 0.650. The van der Waals surface area contributed by atoms with E-state index >= 15 is 0 Å². The van der Waals surface area contributed by atoms with Crippen molar-refractivity contribution >= 4 is 28.9 Å². The number of methoxy groups -OCH3 is 2. The largest absolute Gasteiger partial charge is 0.468 e. The molecule has 1 N–H and O–H groups in total. The molecule has 0 saturated carbocycles. The zero-order chi connectivity index (χ0) is 22.6. The maximum Gasteiger partial charge on any atom is 0.407 e. The number of nitrogens with one attached hydrogen (secondary N) is 1. The molecule has 170 valence electrons. The van der Waals surface area contributed by atoms with Gasteiger partial charge in [-0.1, -0.05) is 0 Å². The van der Waals surface area contributed by atoms with Gasteiger partial charge in [0.1, 0.15) is 24.3 Å². The van der Waals surface area contributed by atoms with Crippen LogP contribution < -0.4 is 10.2 Å². The fourth-order valence-corrected chi connectivity index (χ4v) is 3.63. The van der Waals surface area contributed by atoms with E-state index in [0.29, 0.717) is 31.0 Å². The van der Waals surface area contributed by atoms with E-state index in [2.05, 4.69) is 25.3 Å². The molecule has 0 aromatic carbocycles. The van der Waals surface area contributed by atoms with Crippen LogP contribution in [0, 0.1) is 0 Å². The highest BCUT2D eigenvalue weighted by atomic mass is 16.6. The summed E-state index contributed by atoms with van der Waals surface area (Å²) in [6, 6.07) is -0.0618. The summed E-state index contributed by atoms with van der Waals surface area (Å²) in [7, 11) is 3.02. The van der Waals surface area contributed by atoms with Crippen LogP contribution in [0.5, 0.6) is 0 Å². The summed E-state index contributed by atoms with van der Waals surface area (Å²) in [6.45, 7) is 6.49. The van der Waals surface area contributed by atoms with Crippen LogP contribution in [0.1, 0.15) is 33.6 Å². The Morgan fingerprint density at radius 1 is 1.26 bits per heavy atom. The van der Waals surface area contributed by atoms with Crippen LogP contribution in [0.2, 0.25) is 0 Å². The summed E-state index contributed by atoms with van der Waals surface area (Å²) in [4.78, 5) is 34.8. The van der Waals surface area contributed by atoms with Gasteiger partial charge in [0.25, 0.3) is 0 Å². The van der Waals surface area contributed by atoms with Crippen molar-refractivity contribution in [3.8, 4) is 0 Å². The highest BCUT2D eigenvalue weighted by Crippen LogP contribution is 2.29. The molecule has 1 aliphatic heterocycles. The van der Waals surface area contributed by atoms with E-state index in [1.165, 1.54) is 18.1 Å². The number of piperidine rings is 1. The number of amides is 1. The first-order valence-corrected chi connectivity index (χ1v) is 10.2. The monoisotopic (exact) mass is 434 g/mol. The SMILES string of the molecule is COC(=O)Cn1ncc2c(N3CC[C@H](OC)C[C@H]3CNC(=O)OC(C)(C)C)ncnc21. The lowest BCUT2D eigenvalue weighted by Gasteiger charge is -2.40. The smallest absolute Gasteiger partial charge is 0.407 e. The lowest BCUT2D eigenvalue weighted by Crippen LogP contribution is -2.51. The third-order valence-electron chi connectivity index (χ3n) is 5.07. The maximum absolute atomic E-state index is 12.2. The molecular formula is C20H30N6O5. The van der Waals surface area contributed by atoms with E-state index < -0.39 is 17.7 Å². The van der Waals surface area contributed by atoms with Gasteiger partial charge in [-0.15, -0.1) is 0 Å². The Hall–Kier alpha value is -2.95. The minimum atomic E-state index is -0.571. The minimum Gasteiger partial charge on any atom is -0.468 e. The zero-order valence-corrected chi connectivity index (χ0v) is 18.6. The van der Waals surface area contributed by atoms with Crippen LogP contribution in [0.25, 0.3) is 11.0 Å². The first-order valence-electron chi connectivity index (χ1n) is 10.2. The van der Waals surface area contributed by atoms with Crippen LogP contribution in [0.3, 0.4) is 0 Å². The molecule has 2 aromatic rings. The number of carbonyl (C=O) groups is 2.